The van der Waals surface area contributed by atoms with E-state index < -0.39 is 0 Å². The SMILES string of the molecule is C=CCc1ccc(OCCC[NH+]2CCCCC2)c(OC)c1. The van der Waals surface area contributed by atoms with E-state index in [1.54, 1.807) is 12.0 Å². The van der Waals surface area contributed by atoms with Crippen molar-refractivity contribution in [3.8, 4) is 11.5 Å². The van der Waals surface area contributed by atoms with Gasteiger partial charge in [-0.2, -0.15) is 0 Å². The number of allylic oxidation sites excluding steroid dienone is 1. The Morgan fingerprint density at radius 1 is 1.19 bits per heavy atom. The molecule has 2 rings (SSSR count). The van der Waals surface area contributed by atoms with Crippen molar-refractivity contribution >= 4 is 0 Å². The van der Waals surface area contributed by atoms with Crippen molar-refractivity contribution in [2.45, 2.75) is 32.1 Å². The van der Waals surface area contributed by atoms with Gasteiger partial charge in [-0.3, -0.25) is 0 Å². The Labute approximate surface area is 128 Å². The third-order valence-corrected chi connectivity index (χ3v) is 4.10. The second kappa shape index (κ2) is 8.73. The van der Waals surface area contributed by atoms with E-state index in [9.17, 15) is 0 Å². The first-order valence-electron chi connectivity index (χ1n) is 8.07. The summed E-state index contributed by atoms with van der Waals surface area (Å²) in [5, 5.41) is 0. The molecule has 1 saturated heterocycles. The van der Waals surface area contributed by atoms with Crippen molar-refractivity contribution in [3.63, 3.8) is 0 Å². The van der Waals surface area contributed by atoms with Gasteiger partial charge in [-0.1, -0.05) is 12.1 Å². The fourth-order valence-electron chi connectivity index (χ4n) is 2.93. The van der Waals surface area contributed by atoms with E-state index in [4.69, 9.17) is 9.47 Å². The molecular formula is C18H28NO2+. The molecule has 1 aliphatic rings. The Morgan fingerprint density at radius 2 is 2.00 bits per heavy atom. The number of quaternary nitrogens is 1. The molecule has 1 aromatic carbocycles. The average Bonchev–Trinajstić information content (AvgIpc) is 2.53. The number of likely N-dealkylation sites (tertiary alicyclic amines) is 1. The molecule has 1 aromatic rings. The number of benzene rings is 1. The summed E-state index contributed by atoms with van der Waals surface area (Å²) in [7, 11) is 1.69. The highest BCUT2D eigenvalue weighted by molar-refractivity contribution is 5.43. The lowest BCUT2D eigenvalue weighted by atomic mass is 10.1. The van der Waals surface area contributed by atoms with Gasteiger partial charge in [-0.15, -0.1) is 6.58 Å². The van der Waals surface area contributed by atoms with Gasteiger partial charge in [0.05, 0.1) is 33.4 Å². The Balaban J connectivity index is 1.77. The molecule has 1 N–H and O–H groups in total. The zero-order valence-corrected chi connectivity index (χ0v) is 13.2. The molecular weight excluding hydrogens is 262 g/mol. The number of nitrogens with one attached hydrogen (secondary N) is 1. The largest absolute Gasteiger partial charge is 0.493 e. The van der Waals surface area contributed by atoms with Crippen LogP contribution in [0, 0.1) is 0 Å². The maximum atomic E-state index is 5.89. The molecule has 1 heterocycles. The molecule has 0 bridgehead atoms. The van der Waals surface area contributed by atoms with Gasteiger partial charge in [-0.25, -0.2) is 0 Å². The summed E-state index contributed by atoms with van der Waals surface area (Å²) in [4.78, 5) is 1.73. The van der Waals surface area contributed by atoms with Crippen LogP contribution in [0.2, 0.25) is 0 Å². The molecule has 0 atom stereocenters. The van der Waals surface area contributed by atoms with Crippen LogP contribution >= 0.6 is 0 Å². The summed E-state index contributed by atoms with van der Waals surface area (Å²) < 4.78 is 11.3. The Morgan fingerprint density at radius 3 is 2.71 bits per heavy atom. The standard InChI is InChI=1S/C18H27NO2/c1-3-8-16-9-10-17(18(15-16)20-2)21-14-7-13-19-11-5-4-6-12-19/h3,9-10,15H,1,4-8,11-14H2,2H3/p+1. The lowest BCUT2D eigenvalue weighted by Gasteiger charge is -2.23. The highest BCUT2D eigenvalue weighted by Gasteiger charge is 2.13. The van der Waals surface area contributed by atoms with Crippen LogP contribution in [0.15, 0.2) is 30.9 Å². The average molecular weight is 290 g/mol. The molecule has 0 aromatic heterocycles. The van der Waals surface area contributed by atoms with Crippen LogP contribution in [0.25, 0.3) is 0 Å². The van der Waals surface area contributed by atoms with E-state index >= 15 is 0 Å². The molecule has 0 radical (unpaired) electrons. The maximum absolute atomic E-state index is 5.89. The van der Waals surface area contributed by atoms with Crippen LogP contribution in [0.5, 0.6) is 11.5 Å². The first-order valence-corrected chi connectivity index (χ1v) is 8.07. The fraction of sp³-hybridized carbons (Fsp3) is 0.556. The van der Waals surface area contributed by atoms with E-state index in [-0.39, 0.29) is 0 Å². The molecule has 0 saturated carbocycles. The predicted molar refractivity (Wildman–Crippen MR) is 86.4 cm³/mol. The van der Waals surface area contributed by atoms with Gasteiger partial charge in [-0.05, 0) is 43.4 Å². The van der Waals surface area contributed by atoms with Crippen LogP contribution < -0.4 is 14.4 Å². The zero-order chi connectivity index (χ0) is 14.9. The number of rotatable bonds is 8. The number of ether oxygens (including phenoxy) is 2. The lowest BCUT2D eigenvalue weighted by molar-refractivity contribution is -0.905. The topological polar surface area (TPSA) is 22.9 Å². The van der Waals surface area contributed by atoms with Crippen LogP contribution in [-0.4, -0.2) is 33.4 Å². The smallest absolute Gasteiger partial charge is 0.161 e. The third kappa shape index (κ3) is 5.09. The zero-order valence-electron chi connectivity index (χ0n) is 13.2. The lowest BCUT2D eigenvalue weighted by Crippen LogP contribution is -3.12. The van der Waals surface area contributed by atoms with Gasteiger partial charge < -0.3 is 14.4 Å². The molecule has 0 spiro atoms. The number of methoxy groups -OCH3 is 1. The van der Waals surface area contributed by atoms with E-state index in [1.807, 2.05) is 18.2 Å². The summed E-state index contributed by atoms with van der Waals surface area (Å²) >= 11 is 0. The first kappa shape index (κ1) is 15.9. The Bertz CT molecular complexity index is 439. The van der Waals surface area contributed by atoms with Crippen molar-refractivity contribution in [2.24, 2.45) is 0 Å². The maximum Gasteiger partial charge on any atom is 0.161 e. The van der Waals surface area contributed by atoms with E-state index in [1.165, 1.54) is 44.5 Å². The van der Waals surface area contributed by atoms with Crippen molar-refractivity contribution < 1.29 is 14.4 Å². The first-order chi connectivity index (χ1) is 10.3. The number of piperidine rings is 1. The summed E-state index contributed by atoms with van der Waals surface area (Å²) in [5.41, 5.74) is 1.20. The highest BCUT2D eigenvalue weighted by Crippen LogP contribution is 2.28. The van der Waals surface area contributed by atoms with Crippen molar-refractivity contribution in [2.75, 3.05) is 33.4 Å². The van der Waals surface area contributed by atoms with Gasteiger partial charge in [0, 0.05) is 6.42 Å². The Kier molecular flexibility index (Phi) is 6.61. The van der Waals surface area contributed by atoms with E-state index in [0.29, 0.717) is 0 Å². The number of hydrogen-bond acceptors (Lipinski definition) is 2. The van der Waals surface area contributed by atoms with Gasteiger partial charge in [0.25, 0.3) is 0 Å². The summed E-state index contributed by atoms with van der Waals surface area (Å²) in [6.45, 7) is 8.41. The number of hydrogen-bond donors (Lipinski definition) is 1. The molecule has 3 heteroatoms. The predicted octanol–water partition coefficient (Wildman–Crippen LogP) is 2.26. The van der Waals surface area contributed by atoms with Gasteiger partial charge in [0.2, 0.25) is 0 Å². The summed E-state index contributed by atoms with van der Waals surface area (Å²) in [6.07, 6.45) is 8.04. The van der Waals surface area contributed by atoms with Gasteiger partial charge in [0.15, 0.2) is 11.5 Å². The van der Waals surface area contributed by atoms with Crippen LogP contribution in [0.1, 0.15) is 31.2 Å². The summed E-state index contributed by atoms with van der Waals surface area (Å²) in [6, 6.07) is 6.12. The molecule has 1 aliphatic heterocycles. The minimum absolute atomic E-state index is 0.765. The molecule has 0 amide bonds. The molecule has 0 unspecified atom stereocenters. The van der Waals surface area contributed by atoms with Crippen LogP contribution in [0.4, 0.5) is 0 Å². The quantitative estimate of drug-likeness (QED) is 0.586. The van der Waals surface area contributed by atoms with Crippen molar-refractivity contribution in [3.05, 3.63) is 36.4 Å². The minimum atomic E-state index is 0.765. The van der Waals surface area contributed by atoms with Crippen molar-refractivity contribution in [1.29, 1.82) is 0 Å². The van der Waals surface area contributed by atoms with Crippen molar-refractivity contribution in [1.82, 2.24) is 0 Å². The van der Waals surface area contributed by atoms with Crippen LogP contribution in [-0.2, 0) is 6.42 Å². The second-order valence-corrected chi connectivity index (χ2v) is 5.74. The normalized spacial score (nSPS) is 15.7. The second-order valence-electron chi connectivity index (χ2n) is 5.74. The molecule has 116 valence electrons. The third-order valence-electron chi connectivity index (χ3n) is 4.10. The van der Waals surface area contributed by atoms with Crippen LogP contribution in [0.3, 0.4) is 0 Å². The molecule has 21 heavy (non-hydrogen) atoms. The molecule has 0 aliphatic carbocycles. The van der Waals surface area contributed by atoms with Gasteiger partial charge >= 0.3 is 0 Å². The Hall–Kier alpha value is -1.48. The van der Waals surface area contributed by atoms with Gasteiger partial charge in [0.1, 0.15) is 0 Å². The molecule has 1 fully saturated rings. The van der Waals surface area contributed by atoms with E-state index in [0.717, 1.165) is 30.9 Å². The highest BCUT2D eigenvalue weighted by atomic mass is 16.5. The monoisotopic (exact) mass is 290 g/mol. The summed E-state index contributed by atoms with van der Waals surface area (Å²) in [5.74, 6) is 1.67. The molecule has 3 nitrogen and oxygen atoms in total. The fourth-order valence-corrected chi connectivity index (χ4v) is 2.93. The van der Waals surface area contributed by atoms with E-state index in [2.05, 4.69) is 12.6 Å². The minimum Gasteiger partial charge on any atom is -0.493 e.